The van der Waals surface area contributed by atoms with Crippen LogP contribution < -0.4 is 4.74 Å². The number of ether oxygens (including phenoxy) is 2. The van der Waals surface area contributed by atoms with Gasteiger partial charge in [0, 0.05) is 18.9 Å². The molecule has 132 valence electrons. The van der Waals surface area contributed by atoms with Crippen LogP contribution in [-0.2, 0) is 22.6 Å². The summed E-state index contributed by atoms with van der Waals surface area (Å²) in [5.74, 6) is 0.564. The quantitative estimate of drug-likeness (QED) is 0.652. The molecule has 0 aliphatic heterocycles. The first-order valence-electron chi connectivity index (χ1n) is 8.51. The van der Waals surface area contributed by atoms with Crippen LogP contribution in [0.3, 0.4) is 0 Å². The molecular formula is C22H26O3. The van der Waals surface area contributed by atoms with Gasteiger partial charge >= 0.3 is 5.97 Å². The van der Waals surface area contributed by atoms with Gasteiger partial charge in [0.1, 0.15) is 18.0 Å². The Morgan fingerprint density at radius 2 is 1.80 bits per heavy atom. The van der Waals surface area contributed by atoms with E-state index in [2.05, 4.69) is 6.07 Å². The number of carbonyl (C=O) groups excluding carboxylic acids is 1. The van der Waals surface area contributed by atoms with E-state index in [0.717, 1.165) is 22.4 Å². The van der Waals surface area contributed by atoms with Gasteiger partial charge in [-0.1, -0.05) is 54.6 Å². The summed E-state index contributed by atoms with van der Waals surface area (Å²) >= 11 is 0. The van der Waals surface area contributed by atoms with Crippen molar-refractivity contribution < 1.29 is 14.3 Å². The molecule has 0 aliphatic carbocycles. The first-order valence-corrected chi connectivity index (χ1v) is 8.51. The van der Waals surface area contributed by atoms with Crippen molar-refractivity contribution >= 4 is 12.0 Å². The summed E-state index contributed by atoms with van der Waals surface area (Å²) in [5, 5.41) is 0. The molecule has 0 amide bonds. The van der Waals surface area contributed by atoms with Crippen molar-refractivity contribution in [2.45, 2.75) is 46.3 Å². The highest BCUT2D eigenvalue weighted by Gasteiger charge is 2.22. The van der Waals surface area contributed by atoms with Crippen LogP contribution >= 0.6 is 0 Å². The lowest BCUT2D eigenvalue weighted by Crippen LogP contribution is -2.29. The minimum Gasteiger partial charge on any atom is -0.488 e. The van der Waals surface area contributed by atoms with Crippen molar-refractivity contribution in [2.75, 3.05) is 0 Å². The summed E-state index contributed by atoms with van der Waals surface area (Å²) in [7, 11) is 0. The van der Waals surface area contributed by atoms with Crippen LogP contribution in [0, 0.1) is 0 Å². The number of allylic oxidation sites excluding steroid dienone is 1. The third-order valence-corrected chi connectivity index (χ3v) is 3.71. The molecule has 0 fully saturated rings. The zero-order chi connectivity index (χ0) is 18.3. The Hall–Kier alpha value is -2.55. The molecular weight excluding hydrogens is 312 g/mol. The van der Waals surface area contributed by atoms with Gasteiger partial charge in [-0.3, -0.25) is 4.79 Å². The molecule has 0 saturated carbocycles. The lowest BCUT2D eigenvalue weighted by atomic mass is 9.97. The highest BCUT2D eigenvalue weighted by atomic mass is 16.6. The van der Waals surface area contributed by atoms with Gasteiger partial charge in [-0.05, 0) is 38.0 Å². The number of benzene rings is 2. The minimum absolute atomic E-state index is 0.268. The topological polar surface area (TPSA) is 35.5 Å². The van der Waals surface area contributed by atoms with Crippen molar-refractivity contribution in [3.8, 4) is 5.75 Å². The van der Waals surface area contributed by atoms with Crippen LogP contribution in [0.15, 0.2) is 54.6 Å². The average Bonchev–Trinajstić information content (AvgIpc) is 2.54. The second-order valence-corrected chi connectivity index (χ2v) is 6.68. The van der Waals surface area contributed by atoms with Crippen molar-refractivity contribution in [1.82, 2.24) is 0 Å². The van der Waals surface area contributed by atoms with Crippen molar-refractivity contribution in [1.29, 1.82) is 0 Å². The predicted octanol–water partition coefficient (Wildman–Crippen LogP) is 5.18. The van der Waals surface area contributed by atoms with Gasteiger partial charge in [-0.15, -0.1) is 0 Å². The summed E-state index contributed by atoms with van der Waals surface area (Å²) in [5.41, 5.74) is 2.68. The van der Waals surface area contributed by atoms with Gasteiger partial charge in [-0.2, -0.15) is 0 Å². The van der Waals surface area contributed by atoms with E-state index in [-0.39, 0.29) is 5.97 Å². The van der Waals surface area contributed by atoms with Crippen molar-refractivity contribution in [2.24, 2.45) is 0 Å². The Morgan fingerprint density at radius 3 is 2.44 bits per heavy atom. The highest BCUT2D eigenvalue weighted by Crippen LogP contribution is 2.26. The smallest absolute Gasteiger partial charge is 0.303 e. The third-order valence-electron chi connectivity index (χ3n) is 3.71. The van der Waals surface area contributed by atoms with Crippen LogP contribution in [0.25, 0.3) is 6.08 Å². The van der Waals surface area contributed by atoms with Gasteiger partial charge in [0.15, 0.2) is 0 Å². The molecule has 0 saturated heterocycles. The average molecular weight is 338 g/mol. The maximum absolute atomic E-state index is 11.3. The summed E-state index contributed by atoms with van der Waals surface area (Å²) in [6.45, 7) is 7.77. The van der Waals surface area contributed by atoms with Gasteiger partial charge in [0.05, 0.1) is 0 Å². The monoisotopic (exact) mass is 338 g/mol. The van der Waals surface area contributed by atoms with Crippen LogP contribution in [0.2, 0.25) is 0 Å². The predicted molar refractivity (Wildman–Crippen MR) is 101 cm³/mol. The standard InChI is InChI=1S/C22H26O3/c1-5-9-20-13-12-19(15-22(3,4)25-17(2)23)14-21(20)24-16-18-10-7-6-8-11-18/h5-14H,15-16H2,1-4H3. The normalized spacial score (nSPS) is 11.5. The molecule has 2 aromatic rings. The Morgan fingerprint density at radius 1 is 1.08 bits per heavy atom. The van der Waals surface area contributed by atoms with Gasteiger partial charge < -0.3 is 9.47 Å². The molecule has 0 bridgehead atoms. The van der Waals surface area contributed by atoms with Gasteiger partial charge in [0.2, 0.25) is 0 Å². The van der Waals surface area contributed by atoms with Crippen molar-refractivity contribution in [3.05, 3.63) is 71.3 Å². The van der Waals surface area contributed by atoms with Gasteiger partial charge in [0.25, 0.3) is 0 Å². The number of rotatable bonds is 7. The summed E-state index contributed by atoms with van der Waals surface area (Å²) in [4.78, 5) is 11.3. The number of carbonyl (C=O) groups is 1. The molecule has 0 heterocycles. The molecule has 0 aromatic heterocycles. The molecule has 25 heavy (non-hydrogen) atoms. The summed E-state index contributed by atoms with van der Waals surface area (Å²) in [6.07, 6.45) is 4.65. The fourth-order valence-electron chi connectivity index (χ4n) is 2.78. The second-order valence-electron chi connectivity index (χ2n) is 6.68. The summed E-state index contributed by atoms with van der Waals surface area (Å²) in [6, 6.07) is 16.2. The van der Waals surface area contributed by atoms with Crippen LogP contribution in [0.1, 0.15) is 44.4 Å². The molecule has 3 nitrogen and oxygen atoms in total. The second kappa shape index (κ2) is 8.52. The Bertz CT molecular complexity index is 730. The maximum Gasteiger partial charge on any atom is 0.303 e. The van der Waals surface area contributed by atoms with Crippen LogP contribution in [-0.4, -0.2) is 11.6 Å². The van der Waals surface area contributed by atoms with E-state index in [0.29, 0.717) is 13.0 Å². The highest BCUT2D eigenvalue weighted by molar-refractivity contribution is 5.66. The van der Waals surface area contributed by atoms with Crippen molar-refractivity contribution in [3.63, 3.8) is 0 Å². The zero-order valence-corrected chi connectivity index (χ0v) is 15.4. The first-order chi connectivity index (χ1) is 11.9. The lowest BCUT2D eigenvalue weighted by Gasteiger charge is -2.25. The van der Waals surface area contributed by atoms with E-state index >= 15 is 0 Å². The molecule has 2 rings (SSSR count). The fraction of sp³-hybridized carbons (Fsp3) is 0.318. The first kappa shape index (κ1) is 18.8. The molecule has 2 aromatic carbocycles. The Balaban J connectivity index is 2.19. The molecule has 0 unspecified atom stereocenters. The molecule has 0 aliphatic rings. The lowest BCUT2D eigenvalue weighted by molar-refractivity contribution is -0.153. The molecule has 0 atom stereocenters. The molecule has 0 N–H and O–H groups in total. The van der Waals surface area contributed by atoms with Crippen LogP contribution in [0.5, 0.6) is 5.75 Å². The largest absolute Gasteiger partial charge is 0.488 e. The van der Waals surface area contributed by atoms with Crippen LogP contribution in [0.4, 0.5) is 0 Å². The Labute approximate surface area is 150 Å². The van der Waals surface area contributed by atoms with E-state index in [1.54, 1.807) is 0 Å². The molecule has 3 heteroatoms. The zero-order valence-electron chi connectivity index (χ0n) is 15.4. The van der Waals surface area contributed by atoms with E-state index < -0.39 is 5.60 Å². The number of esters is 1. The number of hydrogen-bond donors (Lipinski definition) is 0. The summed E-state index contributed by atoms with van der Waals surface area (Å²) < 4.78 is 11.4. The van der Waals surface area contributed by atoms with E-state index in [4.69, 9.17) is 9.47 Å². The van der Waals surface area contributed by atoms with Gasteiger partial charge in [-0.25, -0.2) is 0 Å². The maximum atomic E-state index is 11.3. The third kappa shape index (κ3) is 6.11. The SMILES string of the molecule is CC=Cc1ccc(CC(C)(C)OC(C)=O)cc1OCc1ccccc1. The van der Waals surface area contributed by atoms with E-state index in [1.807, 2.05) is 75.4 Å². The number of hydrogen-bond acceptors (Lipinski definition) is 3. The molecule has 0 radical (unpaired) electrons. The molecule has 0 spiro atoms. The Kier molecular flexibility index (Phi) is 6.40. The van der Waals surface area contributed by atoms with E-state index in [1.165, 1.54) is 6.92 Å². The van der Waals surface area contributed by atoms with E-state index in [9.17, 15) is 4.79 Å². The minimum atomic E-state index is -0.551. The fourth-order valence-corrected chi connectivity index (χ4v) is 2.78.